The third-order valence-corrected chi connectivity index (χ3v) is 5.04. The zero-order chi connectivity index (χ0) is 11.3. The van der Waals surface area contributed by atoms with Crippen LogP contribution in [0.25, 0.3) is 6.08 Å². The molecule has 0 aliphatic carbocycles. The Hall–Kier alpha value is -1.02. The molecule has 0 heterocycles. The summed E-state index contributed by atoms with van der Waals surface area (Å²) in [5.74, 6) is 1.03. The Balaban J connectivity index is 2.69. The summed E-state index contributed by atoms with van der Waals surface area (Å²) in [5.41, 5.74) is 1.20. The average Bonchev–Trinajstić information content (AvgIpc) is 2.18. The van der Waals surface area contributed by atoms with Crippen LogP contribution in [0, 0.1) is 0 Å². The van der Waals surface area contributed by atoms with Crippen molar-refractivity contribution in [1.29, 1.82) is 0 Å². The van der Waals surface area contributed by atoms with Gasteiger partial charge >= 0.3 is 0 Å². The summed E-state index contributed by atoms with van der Waals surface area (Å²) < 4.78 is 5.99. The fraction of sp³-hybridized carbons (Fsp3) is 0.385. The largest absolute Gasteiger partial charge is 0.547 e. The predicted octanol–water partition coefficient (Wildman–Crippen LogP) is 4.29. The molecule has 0 amide bonds. The van der Waals surface area contributed by atoms with Gasteiger partial charge < -0.3 is 4.43 Å². The van der Waals surface area contributed by atoms with Gasteiger partial charge in [-0.1, -0.05) is 37.3 Å². The van der Waals surface area contributed by atoms with Crippen molar-refractivity contribution in [3.8, 4) is 0 Å². The van der Waals surface area contributed by atoms with Gasteiger partial charge in [-0.05, 0) is 37.7 Å². The first-order valence-corrected chi connectivity index (χ1v) is 8.57. The minimum Gasteiger partial charge on any atom is -0.547 e. The van der Waals surface area contributed by atoms with Crippen molar-refractivity contribution in [1.82, 2.24) is 0 Å². The van der Waals surface area contributed by atoms with Gasteiger partial charge in [-0.3, -0.25) is 0 Å². The number of allylic oxidation sites excluding steroid dienone is 1. The summed E-state index contributed by atoms with van der Waals surface area (Å²) in [7, 11) is -1.46. The van der Waals surface area contributed by atoms with E-state index in [1.54, 1.807) is 0 Å². The lowest BCUT2D eigenvalue weighted by atomic mass is 10.2. The zero-order valence-corrected chi connectivity index (χ0v) is 11.1. The molecule has 0 fully saturated rings. The molecule has 1 rings (SSSR count). The standard InChI is InChI=1S/C13H20OSi/c1-5-15(3,4)14-12(2)11-13-9-7-6-8-10-13/h6-11H,5H2,1-4H3/b12-11+. The number of rotatable bonds is 4. The van der Waals surface area contributed by atoms with Crippen molar-refractivity contribution >= 4 is 14.4 Å². The Morgan fingerprint density at radius 1 is 1.27 bits per heavy atom. The third kappa shape index (κ3) is 4.34. The minimum atomic E-state index is -1.46. The summed E-state index contributed by atoms with van der Waals surface area (Å²) in [5, 5.41) is 0. The van der Waals surface area contributed by atoms with Crippen molar-refractivity contribution in [2.45, 2.75) is 33.0 Å². The Morgan fingerprint density at radius 3 is 2.40 bits per heavy atom. The first-order valence-electron chi connectivity index (χ1n) is 5.46. The minimum absolute atomic E-state index is 1.03. The van der Waals surface area contributed by atoms with Crippen molar-refractivity contribution in [2.24, 2.45) is 0 Å². The highest BCUT2D eigenvalue weighted by Gasteiger charge is 2.20. The fourth-order valence-corrected chi connectivity index (χ4v) is 2.40. The van der Waals surface area contributed by atoms with E-state index in [0.717, 1.165) is 11.8 Å². The Labute approximate surface area is 93.9 Å². The quantitative estimate of drug-likeness (QED) is 0.543. The van der Waals surface area contributed by atoms with Crippen LogP contribution in [0.4, 0.5) is 0 Å². The normalized spacial score (nSPS) is 12.7. The molecule has 0 atom stereocenters. The summed E-state index contributed by atoms with van der Waals surface area (Å²) >= 11 is 0. The summed E-state index contributed by atoms with van der Waals surface area (Å²) in [6, 6.07) is 11.4. The maximum absolute atomic E-state index is 5.99. The van der Waals surface area contributed by atoms with Gasteiger partial charge in [0.05, 0.1) is 5.76 Å². The fourth-order valence-electron chi connectivity index (χ4n) is 1.32. The first kappa shape index (κ1) is 12.0. The van der Waals surface area contributed by atoms with Crippen molar-refractivity contribution in [3.63, 3.8) is 0 Å². The molecule has 0 aliphatic rings. The van der Waals surface area contributed by atoms with Gasteiger partial charge in [-0.25, -0.2) is 0 Å². The van der Waals surface area contributed by atoms with E-state index >= 15 is 0 Å². The lowest BCUT2D eigenvalue weighted by molar-refractivity contribution is 0.424. The van der Waals surface area contributed by atoms with Crippen LogP contribution in [0.2, 0.25) is 19.1 Å². The summed E-state index contributed by atoms with van der Waals surface area (Å²) in [4.78, 5) is 0. The van der Waals surface area contributed by atoms with Gasteiger partial charge in [-0.2, -0.15) is 0 Å². The van der Waals surface area contributed by atoms with E-state index in [4.69, 9.17) is 4.43 Å². The third-order valence-electron chi connectivity index (χ3n) is 2.46. The molecular formula is C13H20OSi. The van der Waals surface area contributed by atoms with Gasteiger partial charge in [0.2, 0.25) is 8.32 Å². The van der Waals surface area contributed by atoms with Crippen LogP contribution >= 0.6 is 0 Å². The monoisotopic (exact) mass is 220 g/mol. The second-order valence-corrected chi connectivity index (χ2v) is 8.81. The van der Waals surface area contributed by atoms with Crippen molar-refractivity contribution in [3.05, 3.63) is 41.7 Å². The van der Waals surface area contributed by atoms with Crippen LogP contribution in [0.3, 0.4) is 0 Å². The maximum Gasteiger partial charge on any atom is 0.244 e. The van der Waals surface area contributed by atoms with E-state index in [-0.39, 0.29) is 0 Å². The van der Waals surface area contributed by atoms with Crippen LogP contribution in [0.1, 0.15) is 19.4 Å². The molecule has 0 unspecified atom stereocenters. The highest BCUT2D eigenvalue weighted by molar-refractivity contribution is 6.71. The zero-order valence-electron chi connectivity index (χ0n) is 10.1. The van der Waals surface area contributed by atoms with E-state index in [9.17, 15) is 0 Å². The van der Waals surface area contributed by atoms with Crippen LogP contribution in [-0.4, -0.2) is 8.32 Å². The molecule has 0 saturated heterocycles. The predicted molar refractivity (Wildman–Crippen MR) is 69.1 cm³/mol. The SMILES string of the molecule is CC[Si](C)(C)O/C(C)=C/c1ccccc1. The molecule has 0 saturated carbocycles. The van der Waals surface area contributed by atoms with Gasteiger partial charge in [0.15, 0.2) is 0 Å². The van der Waals surface area contributed by atoms with E-state index in [2.05, 4.69) is 38.2 Å². The molecular weight excluding hydrogens is 200 g/mol. The first-order chi connectivity index (χ1) is 7.03. The molecule has 1 aromatic rings. The number of hydrogen-bond donors (Lipinski definition) is 0. The smallest absolute Gasteiger partial charge is 0.244 e. The topological polar surface area (TPSA) is 9.23 Å². The molecule has 1 aromatic carbocycles. The van der Waals surface area contributed by atoms with Crippen molar-refractivity contribution < 1.29 is 4.43 Å². The molecule has 82 valence electrons. The highest BCUT2D eigenvalue weighted by atomic mass is 28.4. The lowest BCUT2D eigenvalue weighted by Crippen LogP contribution is -2.27. The van der Waals surface area contributed by atoms with E-state index in [1.807, 2.05) is 25.1 Å². The van der Waals surface area contributed by atoms with Crippen LogP contribution in [0.15, 0.2) is 36.1 Å². The summed E-state index contributed by atoms with van der Waals surface area (Å²) in [6.45, 7) is 8.73. The van der Waals surface area contributed by atoms with Crippen LogP contribution in [0.5, 0.6) is 0 Å². The van der Waals surface area contributed by atoms with Gasteiger partial charge in [0.25, 0.3) is 0 Å². The lowest BCUT2D eigenvalue weighted by Gasteiger charge is -2.22. The van der Waals surface area contributed by atoms with Crippen LogP contribution in [-0.2, 0) is 4.43 Å². The van der Waals surface area contributed by atoms with Gasteiger partial charge in [-0.15, -0.1) is 0 Å². The molecule has 0 spiro atoms. The highest BCUT2D eigenvalue weighted by Crippen LogP contribution is 2.16. The molecule has 0 bridgehead atoms. The second-order valence-electron chi connectivity index (χ2n) is 4.38. The Kier molecular flexibility index (Phi) is 4.15. The van der Waals surface area contributed by atoms with Crippen molar-refractivity contribution in [2.75, 3.05) is 0 Å². The molecule has 0 radical (unpaired) electrons. The van der Waals surface area contributed by atoms with E-state index < -0.39 is 8.32 Å². The molecule has 0 N–H and O–H groups in total. The number of benzene rings is 1. The average molecular weight is 220 g/mol. The molecule has 2 heteroatoms. The van der Waals surface area contributed by atoms with Gasteiger partial charge in [0.1, 0.15) is 0 Å². The number of hydrogen-bond acceptors (Lipinski definition) is 1. The van der Waals surface area contributed by atoms with Crippen LogP contribution < -0.4 is 0 Å². The van der Waals surface area contributed by atoms with E-state index in [1.165, 1.54) is 5.56 Å². The molecule has 1 nitrogen and oxygen atoms in total. The molecule has 0 aromatic heterocycles. The maximum atomic E-state index is 5.99. The Bertz CT molecular complexity index is 328. The van der Waals surface area contributed by atoms with Gasteiger partial charge in [0, 0.05) is 0 Å². The second kappa shape index (κ2) is 5.17. The molecule has 15 heavy (non-hydrogen) atoms. The molecule has 0 aliphatic heterocycles. The van der Waals surface area contributed by atoms with E-state index in [0.29, 0.717) is 0 Å². The summed E-state index contributed by atoms with van der Waals surface area (Å²) in [6.07, 6.45) is 2.10. The Morgan fingerprint density at radius 2 is 1.87 bits per heavy atom.